The van der Waals surface area contributed by atoms with E-state index in [0.717, 1.165) is 11.8 Å². The third-order valence-electron chi connectivity index (χ3n) is 5.13. The van der Waals surface area contributed by atoms with Crippen LogP contribution in [0.2, 0.25) is 0 Å². The zero-order valence-corrected chi connectivity index (χ0v) is 13.7. The summed E-state index contributed by atoms with van der Waals surface area (Å²) in [5.74, 6) is 1.58. The topological polar surface area (TPSA) is 0 Å². The van der Waals surface area contributed by atoms with Crippen molar-refractivity contribution in [3.8, 4) is 0 Å². The maximum atomic E-state index is 2.48. The van der Waals surface area contributed by atoms with Gasteiger partial charge in [0.15, 0.2) is 0 Å². The molecule has 0 N–H and O–H groups in total. The Morgan fingerprint density at radius 1 is 0.765 bits per heavy atom. The molecule has 0 aromatic carbocycles. The van der Waals surface area contributed by atoms with Crippen LogP contribution in [0.25, 0.3) is 0 Å². The Balaban J connectivity index is 4.25. The summed E-state index contributed by atoms with van der Waals surface area (Å²) in [4.78, 5) is 0. The molecule has 0 saturated heterocycles. The summed E-state index contributed by atoms with van der Waals surface area (Å²) in [6.07, 6.45) is 6.84. The van der Waals surface area contributed by atoms with Crippen molar-refractivity contribution in [3.05, 3.63) is 0 Å². The van der Waals surface area contributed by atoms with Crippen LogP contribution in [-0.2, 0) is 0 Å². The maximum absolute atomic E-state index is 2.48. The Labute approximate surface area is 111 Å². The van der Waals surface area contributed by atoms with E-state index in [-0.39, 0.29) is 0 Å². The normalized spacial score (nSPS) is 13.8. The zero-order valence-electron chi connectivity index (χ0n) is 13.7. The van der Waals surface area contributed by atoms with Crippen molar-refractivity contribution in [3.63, 3.8) is 0 Å². The lowest BCUT2D eigenvalue weighted by Crippen LogP contribution is -2.30. The van der Waals surface area contributed by atoms with Gasteiger partial charge in [0.2, 0.25) is 0 Å². The van der Waals surface area contributed by atoms with Gasteiger partial charge in [0, 0.05) is 0 Å². The van der Waals surface area contributed by atoms with E-state index in [4.69, 9.17) is 0 Å². The van der Waals surface area contributed by atoms with Gasteiger partial charge in [-0.2, -0.15) is 0 Å². The molecule has 0 radical (unpaired) electrons. The highest BCUT2D eigenvalue weighted by atomic mass is 14.4. The minimum absolute atomic E-state index is 0.516. The van der Waals surface area contributed by atoms with Crippen LogP contribution in [0.1, 0.15) is 87.5 Å². The molecule has 0 aliphatic rings. The van der Waals surface area contributed by atoms with Crippen molar-refractivity contribution in [2.45, 2.75) is 87.5 Å². The molecule has 0 unspecified atom stereocenters. The highest BCUT2D eigenvalue weighted by Crippen LogP contribution is 2.41. The first kappa shape index (κ1) is 17.0. The van der Waals surface area contributed by atoms with Crippen molar-refractivity contribution in [1.29, 1.82) is 0 Å². The molecule has 17 heavy (non-hydrogen) atoms. The highest BCUT2D eigenvalue weighted by molar-refractivity contribution is 4.82. The Hall–Kier alpha value is 0. The molecule has 0 aromatic rings. The Bertz CT molecular complexity index is 190. The van der Waals surface area contributed by atoms with Gasteiger partial charge in [0.25, 0.3) is 0 Å². The molecule has 0 aliphatic heterocycles. The van der Waals surface area contributed by atoms with E-state index >= 15 is 0 Å². The standard InChI is InChI=1S/C17H36/c1-9-11-16(6,7)12-10-13-17(8,14(2)3)15(4)5/h14-15H,9-13H2,1-8H3. The second-order valence-electron chi connectivity index (χ2n) is 7.58. The van der Waals surface area contributed by atoms with Gasteiger partial charge in [-0.15, -0.1) is 0 Å². The van der Waals surface area contributed by atoms with Crippen LogP contribution in [-0.4, -0.2) is 0 Å². The molecule has 0 aromatic heterocycles. The minimum Gasteiger partial charge on any atom is -0.0654 e. The lowest BCUT2D eigenvalue weighted by molar-refractivity contribution is 0.112. The second kappa shape index (κ2) is 6.81. The first-order chi connectivity index (χ1) is 7.65. The Morgan fingerprint density at radius 2 is 1.24 bits per heavy atom. The van der Waals surface area contributed by atoms with Gasteiger partial charge >= 0.3 is 0 Å². The van der Waals surface area contributed by atoms with Crippen LogP contribution in [0.15, 0.2) is 0 Å². The van der Waals surface area contributed by atoms with Crippen LogP contribution in [0, 0.1) is 22.7 Å². The predicted octanol–water partition coefficient (Wildman–Crippen LogP) is 6.30. The number of hydrogen-bond acceptors (Lipinski definition) is 0. The van der Waals surface area contributed by atoms with Gasteiger partial charge in [0.05, 0.1) is 0 Å². The first-order valence-electron chi connectivity index (χ1n) is 7.65. The number of hydrogen-bond donors (Lipinski definition) is 0. The first-order valence-corrected chi connectivity index (χ1v) is 7.65. The van der Waals surface area contributed by atoms with Gasteiger partial charge in [-0.3, -0.25) is 0 Å². The second-order valence-corrected chi connectivity index (χ2v) is 7.58. The quantitative estimate of drug-likeness (QED) is 0.467. The fraction of sp³-hybridized carbons (Fsp3) is 1.00. The van der Waals surface area contributed by atoms with Crippen molar-refractivity contribution in [2.24, 2.45) is 22.7 Å². The zero-order chi connectivity index (χ0) is 13.7. The molecular formula is C17H36. The monoisotopic (exact) mass is 240 g/mol. The van der Waals surface area contributed by atoms with E-state index in [1.807, 2.05) is 0 Å². The van der Waals surface area contributed by atoms with Crippen LogP contribution in [0.5, 0.6) is 0 Å². The van der Waals surface area contributed by atoms with E-state index in [1.165, 1.54) is 32.1 Å². The van der Waals surface area contributed by atoms with Gasteiger partial charge in [0.1, 0.15) is 0 Å². The summed E-state index contributed by atoms with van der Waals surface area (Å²) in [7, 11) is 0. The SMILES string of the molecule is CCCC(C)(C)CCCC(C)(C(C)C)C(C)C. The molecule has 0 bridgehead atoms. The van der Waals surface area contributed by atoms with Gasteiger partial charge in [-0.05, 0) is 41.9 Å². The average molecular weight is 240 g/mol. The molecule has 0 heterocycles. The van der Waals surface area contributed by atoms with Gasteiger partial charge in [-0.1, -0.05) is 68.2 Å². The van der Waals surface area contributed by atoms with Crippen molar-refractivity contribution in [2.75, 3.05) is 0 Å². The fourth-order valence-electron chi connectivity index (χ4n) is 2.99. The van der Waals surface area contributed by atoms with Gasteiger partial charge in [-0.25, -0.2) is 0 Å². The lowest BCUT2D eigenvalue weighted by Gasteiger charge is -2.39. The summed E-state index contributed by atoms with van der Waals surface area (Å²) in [6.45, 7) is 19.2. The fourth-order valence-corrected chi connectivity index (χ4v) is 2.99. The largest absolute Gasteiger partial charge is 0.0654 e. The van der Waals surface area contributed by atoms with Crippen molar-refractivity contribution < 1.29 is 0 Å². The highest BCUT2D eigenvalue weighted by Gasteiger charge is 2.31. The molecule has 0 nitrogen and oxygen atoms in total. The Kier molecular flexibility index (Phi) is 6.81. The summed E-state index contributed by atoms with van der Waals surface area (Å²) in [5.41, 5.74) is 1.06. The summed E-state index contributed by atoms with van der Waals surface area (Å²) >= 11 is 0. The van der Waals surface area contributed by atoms with E-state index < -0.39 is 0 Å². The molecule has 104 valence electrons. The van der Waals surface area contributed by atoms with Crippen LogP contribution >= 0.6 is 0 Å². The third kappa shape index (κ3) is 5.44. The van der Waals surface area contributed by atoms with E-state index in [9.17, 15) is 0 Å². The summed E-state index contributed by atoms with van der Waals surface area (Å²) < 4.78 is 0. The summed E-state index contributed by atoms with van der Waals surface area (Å²) in [5, 5.41) is 0. The lowest BCUT2D eigenvalue weighted by atomic mass is 9.66. The minimum atomic E-state index is 0.516. The molecule has 0 aliphatic carbocycles. The molecule has 0 saturated carbocycles. The van der Waals surface area contributed by atoms with Crippen LogP contribution < -0.4 is 0 Å². The smallest absolute Gasteiger partial charge is 0.0280 e. The van der Waals surface area contributed by atoms with Crippen LogP contribution in [0.4, 0.5) is 0 Å². The van der Waals surface area contributed by atoms with Crippen molar-refractivity contribution >= 4 is 0 Å². The van der Waals surface area contributed by atoms with E-state index in [1.54, 1.807) is 0 Å². The molecule has 0 heteroatoms. The average Bonchev–Trinajstić information content (AvgIpc) is 2.16. The predicted molar refractivity (Wildman–Crippen MR) is 80.3 cm³/mol. The molecule has 0 atom stereocenters. The molecule has 0 rings (SSSR count). The molecule has 0 amide bonds. The molecule has 0 fully saturated rings. The van der Waals surface area contributed by atoms with E-state index in [0.29, 0.717) is 10.8 Å². The van der Waals surface area contributed by atoms with Gasteiger partial charge < -0.3 is 0 Å². The maximum Gasteiger partial charge on any atom is -0.0280 e. The third-order valence-corrected chi connectivity index (χ3v) is 5.13. The van der Waals surface area contributed by atoms with Crippen molar-refractivity contribution in [1.82, 2.24) is 0 Å². The summed E-state index contributed by atoms with van der Waals surface area (Å²) in [6, 6.07) is 0. The number of rotatable bonds is 8. The van der Waals surface area contributed by atoms with E-state index in [2.05, 4.69) is 55.4 Å². The Morgan fingerprint density at radius 3 is 1.59 bits per heavy atom. The molecule has 0 spiro atoms. The molecular weight excluding hydrogens is 204 g/mol. The van der Waals surface area contributed by atoms with Crippen LogP contribution in [0.3, 0.4) is 0 Å².